The fourth-order valence-electron chi connectivity index (χ4n) is 4.03. The molecule has 0 aliphatic carbocycles. The Morgan fingerprint density at radius 2 is 2.00 bits per heavy atom. The SMILES string of the molecule is Cn1cc(-c2cc(Oc3ccc4c(c3)C(=O)C[C@@H](c3cccc(F)c3)CCO4)ccn2)cn1. The lowest BCUT2D eigenvalue weighted by molar-refractivity contribution is 0.0956. The monoisotopic (exact) mass is 443 g/mol. The Bertz CT molecular complexity index is 1320. The molecule has 7 heteroatoms. The molecule has 0 fully saturated rings. The number of hydrogen-bond acceptors (Lipinski definition) is 5. The van der Waals surface area contributed by atoms with Crippen LogP contribution in [0.25, 0.3) is 11.3 Å². The number of carbonyl (C=O) groups is 1. The summed E-state index contributed by atoms with van der Waals surface area (Å²) in [4.78, 5) is 17.5. The second-order valence-corrected chi connectivity index (χ2v) is 8.06. The third kappa shape index (κ3) is 4.62. The average Bonchev–Trinajstić information content (AvgIpc) is 3.24. The first-order valence-corrected chi connectivity index (χ1v) is 10.7. The van der Waals surface area contributed by atoms with Crippen LogP contribution >= 0.6 is 0 Å². The molecule has 2 aromatic heterocycles. The third-order valence-electron chi connectivity index (χ3n) is 5.69. The highest BCUT2D eigenvalue weighted by atomic mass is 19.1. The number of carbonyl (C=O) groups excluding carboxylic acids is 1. The smallest absolute Gasteiger partial charge is 0.167 e. The van der Waals surface area contributed by atoms with E-state index in [-0.39, 0.29) is 23.9 Å². The number of ketones is 1. The molecule has 5 rings (SSSR count). The Morgan fingerprint density at radius 3 is 2.82 bits per heavy atom. The van der Waals surface area contributed by atoms with Crippen molar-refractivity contribution in [2.45, 2.75) is 18.8 Å². The highest BCUT2D eigenvalue weighted by Gasteiger charge is 2.24. The predicted molar refractivity (Wildman–Crippen MR) is 121 cm³/mol. The molecule has 0 spiro atoms. The highest BCUT2D eigenvalue weighted by molar-refractivity contribution is 5.99. The summed E-state index contributed by atoms with van der Waals surface area (Å²) in [6, 6.07) is 15.2. The van der Waals surface area contributed by atoms with Crippen LogP contribution in [0.15, 0.2) is 73.2 Å². The number of rotatable bonds is 4. The first-order chi connectivity index (χ1) is 16.0. The zero-order valence-electron chi connectivity index (χ0n) is 18.1. The largest absolute Gasteiger partial charge is 0.493 e. The van der Waals surface area contributed by atoms with Gasteiger partial charge in [0.1, 0.15) is 23.1 Å². The van der Waals surface area contributed by atoms with E-state index in [4.69, 9.17) is 9.47 Å². The van der Waals surface area contributed by atoms with E-state index in [9.17, 15) is 9.18 Å². The number of hydrogen-bond donors (Lipinski definition) is 0. The Hall–Kier alpha value is -4.00. The first kappa shape index (κ1) is 20.9. The topological polar surface area (TPSA) is 66.2 Å². The van der Waals surface area contributed by atoms with E-state index >= 15 is 0 Å². The molecule has 0 radical (unpaired) electrons. The van der Waals surface area contributed by atoms with Crippen molar-refractivity contribution in [3.05, 3.63) is 90.1 Å². The summed E-state index contributed by atoms with van der Waals surface area (Å²) >= 11 is 0. The number of Topliss-reactive ketones (excluding diaryl/α,β-unsaturated/α-hetero) is 1. The molecule has 0 unspecified atom stereocenters. The van der Waals surface area contributed by atoms with Gasteiger partial charge in [-0.05, 0) is 54.3 Å². The summed E-state index contributed by atoms with van der Waals surface area (Å²) in [7, 11) is 1.85. The summed E-state index contributed by atoms with van der Waals surface area (Å²) in [6.07, 6.45) is 6.21. The van der Waals surface area contributed by atoms with Gasteiger partial charge in [0.15, 0.2) is 5.78 Å². The zero-order chi connectivity index (χ0) is 22.8. The summed E-state index contributed by atoms with van der Waals surface area (Å²) in [5.41, 5.74) is 2.90. The third-order valence-corrected chi connectivity index (χ3v) is 5.69. The summed E-state index contributed by atoms with van der Waals surface area (Å²) in [5, 5.41) is 4.18. The highest BCUT2D eigenvalue weighted by Crippen LogP contribution is 2.35. The van der Waals surface area contributed by atoms with Gasteiger partial charge in [-0.1, -0.05) is 12.1 Å². The maximum Gasteiger partial charge on any atom is 0.167 e. The van der Waals surface area contributed by atoms with Gasteiger partial charge in [-0.2, -0.15) is 5.10 Å². The molecular formula is C26H22FN3O3. The maximum atomic E-state index is 13.7. The normalized spacial score (nSPS) is 15.8. The average molecular weight is 443 g/mol. The summed E-state index contributed by atoms with van der Waals surface area (Å²) in [5.74, 6) is 1.19. The van der Waals surface area contributed by atoms with Gasteiger partial charge in [-0.25, -0.2) is 4.39 Å². The Kier molecular flexibility index (Phi) is 5.60. The first-order valence-electron chi connectivity index (χ1n) is 10.7. The van der Waals surface area contributed by atoms with Crippen molar-refractivity contribution in [2.24, 2.45) is 7.05 Å². The van der Waals surface area contributed by atoms with Crippen molar-refractivity contribution >= 4 is 5.78 Å². The molecule has 0 N–H and O–H groups in total. The minimum absolute atomic E-state index is 0.0600. The minimum Gasteiger partial charge on any atom is -0.493 e. The number of halogens is 1. The van der Waals surface area contributed by atoms with Crippen molar-refractivity contribution in [1.29, 1.82) is 0 Å². The summed E-state index contributed by atoms with van der Waals surface area (Å²) in [6.45, 7) is 0.445. The van der Waals surface area contributed by atoms with Crippen LogP contribution in [0.5, 0.6) is 17.2 Å². The van der Waals surface area contributed by atoms with E-state index in [1.54, 1.807) is 47.4 Å². The lowest BCUT2D eigenvalue weighted by atomic mass is 9.88. The Labute approximate surface area is 190 Å². The van der Waals surface area contributed by atoms with Gasteiger partial charge in [-0.3, -0.25) is 14.5 Å². The van der Waals surface area contributed by atoms with E-state index in [2.05, 4.69) is 10.1 Å². The molecule has 4 aromatic rings. The van der Waals surface area contributed by atoms with Crippen molar-refractivity contribution in [1.82, 2.24) is 14.8 Å². The molecule has 166 valence electrons. The molecule has 33 heavy (non-hydrogen) atoms. The van der Waals surface area contributed by atoms with Crippen molar-refractivity contribution in [2.75, 3.05) is 6.61 Å². The standard InChI is InChI=1S/C26H22FN3O3/c1-30-16-19(15-29-30)24-14-22(7-9-28-24)33-21-5-6-26-23(13-21)25(31)12-18(8-10-32-26)17-3-2-4-20(27)11-17/h2-7,9,11,13-16,18H,8,10,12H2,1H3/t18-/m0/s1. The number of fused-ring (bicyclic) bond motifs is 1. The zero-order valence-corrected chi connectivity index (χ0v) is 18.1. The Morgan fingerprint density at radius 1 is 1.12 bits per heavy atom. The lowest BCUT2D eigenvalue weighted by Crippen LogP contribution is -2.16. The minimum atomic E-state index is -0.304. The number of benzene rings is 2. The van der Waals surface area contributed by atoms with Crippen molar-refractivity contribution in [3.63, 3.8) is 0 Å². The number of pyridine rings is 1. The van der Waals surface area contributed by atoms with Crippen LogP contribution in [-0.2, 0) is 7.05 Å². The fourth-order valence-corrected chi connectivity index (χ4v) is 4.03. The molecule has 6 nitrogen and oxygen atoms in total. The van der Waals surface area contributed by atoms with Crippen LogP contribution in [0.1, 0.15) is 34.7 Å². The number of nitrogens with zero attached hydrogens (tertiary/aromatic N) is 3. The van der Waals surface area contributed by atoms with Crippen LogP contribution in [-0.4, -0.2) is 27.2 Å². The molecule has 1 aliphatic rings. The van der Waals surface area contributed by atoms with Gasteiger partial charge in [0.05, 0.1) is 24.1 Å². The van der Waals surface area contributed by atoms with E-state index in [0.717, 1.165) is 16.8 Å². The van der Waals surface area contributed by atoms with Crippen LogP contribution in [0.2, 0.25) is 0 Å². The second-order valence-electron chi connectivity index (χ2n) is 8.06. The summed E-state index contributed by atoms with van der Waals surface area (Å²) < 4.78 is 27.3. The molecule has 0 saturated carbocycles. The van der Waals surface area contributed by atoms with Crippen LogP contribution in [0.3, 0.4) is 0 Å². The second kappa shape index (κ2) is 8.86. The quantitative estimate of drug-likeness (QED) is 0.414. The molecule has 0 saturated heterocycles. The van der Waals surface area contributed by atoms with Crippen LogP contribution in [0, 0.1) is 5.82 Å². The van der Waals surface area contributed by atoms with Gasteiger partial charge in [0, 0.05) is 37.5 Å². The molecule has 0 bridgehead atoms. The van der Waals surface area contributed by atoms with Crippen molar-refractivity contribution < 1.29 is 18.7 Å². The van der Waals surface area contributed by atoms with Crippen molar-refractivity contribution in [3.8, 4) is 28.5 Å². The van der Waals surface area contributed by atoms with Gasteiger partial charge in [0.2, 0.25) is 0 Å². The fraction of sp³-hybridized carbons (Fsp3) is 0.192. The molecule has 2 aromatic carbocycles. The van der Waals surface area contributed by atoms with Crippen LogP contribution in [0.4, 0.5) is 4.39 Å². The van der Waals surface area contributed by atoms with Gasteiger partial charge in [-0.15, -0.1) is 0 Å². The van der Waals surface area contributed by atoms with E-state index in [1.165, 1.54) is 12.1 Å². The molecular weight excluding hydrogens is 421 g/mol. The maximum absolute atomic E-state index is 13.7. The van der Waals surface area contributed by atoms with Crippen LogP contribution < -0.4 is 9.47 Å². The van der Waals surface area contributed by atoms with E-state index in [1.807, 2.05) is 25.4 Å². The van der Waals surface area contributed by atoms with E-state index < -0.39 is 0 Å². The Balaban J connectivity index is 1.38. The number of aromatic nitrogens is 3. The number of ether oxygens (including phenoxy) is 2. The molecule has 3 heterocycles. The van der Waals surface area contributed by atoms with Gasteiger partial charge < -0.3 is 9.47 Å². The van der Waals surface area contributed by atoms with Gasteiger partial charge >= 0.3 is 0 Å². The molecule has 1 aliphatic heterocycles. The predicted octanol–water partition coefficient (Wildman–Crippen LogP) is 5.55. The van der Waals surface area contributed by atoms with Gasteiger partial charge in [0.25, 0.3) is 0 Å². The lowest BCUT2D eigenvalue weighted by Gasteiger charge is -2.22. The molecule has 1 atom stereocenters. The number of aryl methyl sites for hydroxylation is 1. The molecule has 0 amide bonds. The van der Waals surface area contributed by atoms with E-state index in [0.29, 0.717) is 35.8 Å².